The van der Waals surface area contributed by atoms with E-state index in [0.29, 0.717) is 16.9 Å². The van der Waals surface area contributed by atoms with Crippen molar-refractivity contribution >= 4 is 17.0 Å². The molecule has 0 saturated heterocycles. The van der Waals surface area contributed by atoms with Crippen molar-refractivity contribution < 1.29 is 13.9 Å². The Morgan fingerprint density at radius 1 is 1.35 bits per heavy atom. The number of esters is 1. The van der Waals surface area contributed by atoms with Crippen molar-refractivity contribution in [3.05, 3.63) is 41.3 Å². The van der Waals surface area contributed by atoms with Crippen LogP contribution in [-0.4, -0.2) is 23.0 Å². The van der Waals surface area contributed by atoms with Crippen LogP contribution >= 0.6 is 0 Å². The number of hydrogen-bond donors (Lipinski definition) is 1. The molecular weight excluding hydrogens is 256 g/mol. The SMILES string of the molecule is COC(=O)c1cccc2[nH]c(-c3cc(C)oc3C)nc12. The monoisotopic (exact) mass is 270 g/mol. The zero-order chi connectivity index (χ0) is 14.3. The van der Waals surface area contributed by atoms with Gasteiger partial charge in [-0.2, -0.15) is 0 Å². The van der Waals surface area contributed by atoms with E-state index in [2.05, 4.69) is 9.97 Å². The topological polar surface area (TPSA) is 68.1 Å². The molecule has 0 fully saturated rings. The Hall–Kier alpha value is -2.56. The fraction of sp³-hybridized carbons (Fsp3) is 0.200. The Morgan fingerprint density at radius 2 is 2.15 bits per heavy atom. The van der Waals surface area contributed by atoms with Crippen molar-refractivity contribution in [2.75, 3.05) is 7.11 Å². The molecule has 3 rings (SSSR count). The summed E-state index contributed by atoms with van der Waals surface area (Å²) in [6.45, 7) is 3.77. The van der Waals surface area contributed by atoms with Crippen LogP contribution < -0.4 is 0 Å². The van der Waals surface area contributed by atoms with Crippen LogP contribution in [-0.2, 0) is 4.74 Å². The molecule has 0 amide bonds. The smallest absolute Gasteiger partial charge is 0.340 e. The standard InChI is InChI=1S/C15H14N2O3/c1-8-7-11(9(2)20-8)14-16-12-6-4-5-10(13(12)17-14)15(18)19-3/h4-7H,1-3H3,(H,16,17). The second-order valence-electron chi connectivity index (χ2n) is 4.61. The highest BCUT2D eigenvalue weighted by Crippen LogP contribution is 2.27. The zero-order valence-corrected chi connectivity index (χ0v) is 11.5. The van der Waals surface area contributed by atoms with Gasteiger partial charge >= 0.3 is 5.97 Å². The number of H-pyrrole nitrogens is 1. The average Bonchev–Trinajstić information content (AvgIpc) is 3.00. The number of nitrogens with zero attached hydrogens (tertiary/aromatic N) is 1. The summed E-state index contributed by atoms with van der Waals surface area (Å²) >= 11 is 0. The third-order valence-electron chi connectivity index (χ3n) is 3.21. The van der Waals surface area contributed by atoms with Gasteiger partial charge in [0.25, 0.3) is 0 Å². The van der Waals surface area contributed by atoms with E-state index < -0.39 is 5.97 Å². The summed E-state index contributed by atoms with van der Waals surface area (Å²) in [6.07, 6.45) is 0. The van der Waals surface area contributed by atoms with Gasteiger partial charge in [0.15, 0.2) is 0 Å². The molecule has 0 saturated carbocycles. The van der Waals surface area contributed by atoms with Crippen LogP contribution in [0.5, 0.6) is 0 Å². The van der Waals surface area contributed by atoms with Gasteiger partial charge in [0.1, 0.15) is 22.9 Å². The molecule has 0 bridgehead atoms. The first-order valence-electron chi connectivity index (χ1n) is 6.24. The van der Waals surface area contributed by atoms with Crippen molar-refractivity contribution in [3.63, 3.8) is 0 Å². The molecule has 5 nitrogen and oxygen atoms in total. The molecule has 0 aliphatic carbocycles. The minimum atomic E-state index is -0.395. The highest BCUT2D eigenvalue weighted by molar-refractivity contribution is 6.02. The average molecular weight is 270 g/mol. The van der Waals surface area contributed by atoms with Crippen molar-refractivity contribution in [3.8, 4) is 11.4 Å². The number of hydrogen-bond acceptors (Lipinski definition) is 4. The summed E-state index contributed by atoms with van der Waals surface area (Å²) in [7, 11) is 1.36. The Morgan fingerprint density at radius 3 is 2.80 bits per heavy atom. The molecule has 5 heteroatoms. The van der Waals surface area contributed by atoms with Crippen LogP contribution in [0.1, 0.15) is 21.9 Å². The number of aromatic amines is 1. The number of rotatable bonds is 2. The number of carbonyl (C=O) groups excluding carboxylic acids is 1. The first-order valence-corrected chi connectivity index (χ1v) is 6.24. The van der Waals surface area contributed by atoms with Gasteiger partial charge in [0.05, 0.1) is 23.8 Å². The minimum absolute atomic E-state index is 0.395. The molecule has 102 valence electrons. The van der Waals surface area contributed by atoms with Gasteiger partial charge in [-0.25, -0.2) is 9.78 Å². The highest BCUT2D eigenvalue weighted by atomic mass is 16.5. The van der Waals surface area contributed by atoms with E-state index >= 15 is 0 Å². The maximum absolute atomic E-state index is 11.7. The molecule has 2 aromatic heterocycles. The number of benzene rings is 1. The summed E-state index contributed by atoms with van der Waals surface area (Å²) in [4.78, 5) is 19.5. The Balaban J connectivity index is 2.21. The molecule has 0 unspecified atom stereocenters. The molecule has 0 radical (unpaired) electrons. The highest BCUT2D eigenvalue weighted by Gasteiger charge is 2.16. The van der Waals surface area contributed by atoms with Crippen molar-refractivity contribution in [1.29, 1.82) is 0 Å². The van der Waals surface area contributed by atoms with E-state index in [9.17, 15) is 4.79 Å². The molecule has 1 N–H and O–H groups in total. The number of nitrogens with one attached hydrogen (secondary N) is 1. The summed E-state index contributed by atoms with van der Waals surface area (Å²) in [5.74, 6) is 1.91. The molecule has 0 atom stereocenters. The lowest BCUT2D eigenvalue weighted by Crippen LogP contribution is -2.01. The molecule has 3 aromatic rings. The third kappa shape index (κ3) is 1.87. The number of carbonyl (C=O) groups is 1. The fourth-order valence-electron chi connectivity index (χ4n) is 2.30. The summed E-state index contributed by atoms with van der Waals surface area (Å²) in [5.41, 5.74) is 2.74. The van der Waals surface area contributed by atoms with Gasteiger partial charge in [0, 0.05) is 0 Å². The van der Waals surface area contributed by atoms with E-state index in [0.717, 1.165) is 22.6 Å². The second kappa shape index (κ2) is 4.52. The largest absolute Gasteiger partial charge is 0.466 e. The number of furan rings is 1. The zero-order valence-electron chi connectivity index (χ0n) is 11.5. The maximum Gasteiger partial charge on any atom is 0.340 e. The second-order valence-corrected chi connectivity index (χ2v) is 4.61. The predicted molar refractivity (Wildman–Crippen MR) is 74.6 cm³/mol. The van der Waals surface area contributed by atoms with Gasteiger partial charge in [-0.3, -0.25) is 0 Å². The number of methoxy groups -OCH3 is 1. The quantitative estimate of drug-likeness (QED) is 0.726. The predicted octanol–water partition coefficient (Wildman–Crippen LogP) is 3.23. The van der Waals surface area contributed by atoms with Crippen LogP contribution in [0, 0.1) is 13.8 Å². The molecule has 0 spiro atoms. The number of fused-ring (bicyclic) bond motifs is 1. The van der Waals surface area contributed by atoms with Crippen molar-refractivity contribution in [1.82, 2.24) is 9.97 Å². The van der Waals surface area contributed by atoms with Crippen LogP contribution in [0.15, 0.2) is 28.7 Å². The molecule has 20 heavy (non-hydrogen) atoms. The number of aryl methyl sites for hydroxylation is 2. The van der Waals surface area contributed by atoms with Crippen LogP contribution in [0.2, 0.25) is 0 Å². The molecule has 0 aliphatic rings. The minimum Gasteiger partial charge on any atom is -0.466 e. The molecule has 1 aromatic carbocycles. The Kier molecular flexibility index (Phi) is 2.82. The van der Waals surface area contributed by atoms with E-state index in [1.165, 1.54) is 7.11 Å². The van der Waals surface area contributed by atoms with Gasteiger partial charge in [-0.05, 0) is 32.0 Å². The number of ether oxygens (including phenoxy) is 1. The van der Waals surface area contributed by atoms with E-state index in [4.69, 9.17) is 9.15 Å². The summed E-state index contributed by atoms with van der Waals surface area (Å²) < 4.78 is 10.3. The normalized spacial score (nSPS) is 10.9. The maximum atomic E-state index is 11.7. The van der Waals surface area contributed by atoms with Gasteiger partial charge in [-0.1, -0.05) is 6.07 Å². The third-order valence-corrected chi connectivity index (χ3v) is 3.21. The first kappa shape index (κ1) is 12.5. The van der Waals surface area contributed by atoms with Gasteiger partial charge in [-0.15, -0.1) is 0 Å². The summed E-state index contributed by atoms with van der Waals surface area (Å²) in [6, 6.07) is 7.29. The van der Waals surface area contributed by atoms with Crippen LogP contribution in [0.3, 0.4) is 0 Å². The number of para-hydroxylation sites is 1. The lowest BCUT2D eigenvalue weighted by molar-refractivity contribution is 0.0603. The fourth-order valence-corrected chi connectivity index (χ4v) is 2.30. The van der Waals surface area contributed by atoms with Gasteiger partial charge in [0.2, 0.25) is 0 Å². The van der Waals surface area contributed by atoms with Gasteiger partial charge < -0.3 is 14.1 Å². The Bertz CT molecular complexity index is 799. The van der Waals surface area contributed by atoms with E-state index in [1.54, 1.807) is 12.1 Å². The number of imidazole rings is 1. The first-order chi connectivity index (χ1) is 9.60. The van der Waals surface area contributed by atoms with E-state index in [1.807, 2.05) is 26.0 Å². The van der Waals surface area contributed by atoms with Crippen LogP contribution in [0.25, 0.3) is 22.4 Å². The van der Waals surface area contributed by atoms with E-state index in [-0.39, 0.29) is 0 Å². The lowest BCUT2D eigenvalue weighted by Gasteiger charge is -1.98. The number of aromatic nitrogens is 2. The molecular formula is C15H14N2O3. The van der Waals surface area contributed by atoms with Crippen molar-refractivity contribution in [2.45, 2.75) is 13.8 Å². The van der Waals surface area contributed by atoms with Crippen LogP contribution in [0.4, 0.5) is 0 Å². The Labute approximate surface area is 115 Å². The lowest BCUT2D eigenvalue weighted by atomic mass is 10.2. The summed E-state index contributed by atoms with van der Waals surface area (Å²) in [5, 5.41) is 0. The molecule has 2 heterocycles. The molecule has 0 aliphatic heterocycles. The van der Waals surface area contributed by atoms with Crippen molar-refractivity contribution in [2.24, 2.45) is 0 Å².